The second-order valence-electron chi connectivity index (χ2n) is 21.1. The average molecular weight is 929 g/mol. The van der Waals surface area contributed by atoms with Crippen LogP contribution in [0.3, 0.4) is 0 Å². The number of hydrogen-bond acceptors (Lipinski definition) is 1. The number of nitrogens with zero attached hydrogens (tertiary/aromatic N) is 2. The fourth-order valence-corrected chi connectivity index (χ4v) is 14.5. The molecule has 1 unspecified atom stereocenters. The van der Waals surface area contributed by atoms with Crippen LogP contribution < -0.4 is 4.90 Å². The van der Waals surface area contributed by atoms with E-state index in [2.05, 4.69) is 278 Å². The van der Waals surface area contributed by atoms with Gasteiger partial charge in [0.1, 0.15) is 0 Å². The molecule has 1 aromatic heterocycles. The summed E-state index contributed by atoms with van der Waals surface area (Å²) < 4.78 is 2.54. The summed E-state index contributed by atoms with van der Waals surface area (Å²) >= 11 is 0. The van der Waals surface area contributed by atoms with E-state index in [0.29, 0.717) is 0 Å². The Balaban J connectivity index is 0.996. The smallest absolute Gasteiger partial charge is 0.0755 e. The highest BCUT2D eigenvalue weighted by Crippen LogP contribution is 2.63. The van der Waals surface area contributed by atoms with Gasteiger partial charge in [0.05, 0.1) is 27.6 Å². The number of hydrogen-bond donors (Lipinski definition) is 0. The zero-order valence-corrected chi connectivity index (χ0v) is 40.6. The normalized spacial score (nSPS) is 16.4. The number of para-hydroxylation sites is 3. The molecular formula is C71H48N2. The summed E-state index contributed by atoms with van der Waals surface area (Å²) in [6, 6.07) is 96.7. The molecule has 2 heteroatoms. The number of fused-ring (bicyclic) bond motifs is 18. The molecule has 4 aliphatic rings. The molecule has 0 radical (unpaired) electrons. The Kier molecular flexibility index (Phi) is 8.12. The van der Waals surface area contributed by atoms with Crippen LogP contribution in [-0.4, -0.2) is 4.57 Å². The van der Waals surface area contributed by atoms with E-state index in [1.54, 1.807) is 0 Å². The van der Waals surface area contributed by atoms with Crippen molar-refractivity contribution in [3.63, 3.8) is 0 Å². The number of benzene rings is 11. The molecule has 16 rings (SSSR count). The SMILES string of the molecule is CC1(C)c2ccccc2-c2ccc(N(c3ccc4c(c3)C(c3ccccc3)(c3ccccc3)c3ccccc3-4)c3ccc4c(c3)C3(c5ccccc5-4)c4ccccc4-n4c5ccccc5c5cccc3c54)cc21. The molecule has 2 nitrogen and oxygen atoms in total. The summed E-state index contributed by atoms with van der Waals surface area (Å²) in [5, 5.41) is 2.56. The van der Waals surface area contributed by atoms with Gasteiger partial charge < -0.3 is 9.47 Å². The molecule has 0 saturated heterocycles. The first-order valence-corrected chi connectivity index (χ1v) is 25.8. The van der Waals surface area contributed by atoms with Crippen LogP contribution in [-0.2, 0) is 16.2 Å². The molecule has 3 aliphatic carbocycles. The lowest BCUT2D eigenvalue weighted by atomic mass is 9.65. The van der Waals surface area contributed by atoms with E-state index in [-0.39, 0.29) is 5.41 Å². The van der Waals surface area contributed by atoms with Gasteiger partial charge >= 0.3 is 0 Å². The third-order valence-electron chi connectivity index (χ3n) is 17.5. The second-order valence-corrected chi connectivity index (χ2v) is 21.1. The summed E-state index contributed by atoms with van der Waals surface area (Å²) in [6.07, 6.45) is 0. The maximum Gasteiger partial charge on any atom is 0.0755 e. The van der Waals surface area contributed by atoms with Crippen molar-refractivity contribution in [2.24, 2.45) is 0 Å². The molecule has 342 valence electrons. The van der Waals surface area contributed by atoms with Crippen LogP contribution in [0.25, 0.3) is 60.9 Å². The Hall–Kier alpha value is -8.98. The molecule has 0 fully saturated rings. The Morgan fingerprint density at radius 3 is 1.36 bits per heavy atom. The standard InChI is InChI=1S/C71H48N2/c1-69(2)58-29-13-9-24-50(58)53-39-36-47(42-63(53)69)72(48-37-40-54-51-25-10-14-30-59(51)70(64(54)43-48,45-20-5-3-6-21-45)46-22-7-4-8-23-46)49-38-41-55-52-26-11-15-31-60(52)71(65(55)44-49)61-32-16-18-35-67(61)73-66-34-17-12-27-56(66)57-28-19-33-62(71)68(57)73/h3-44H,1-2H3. The third-order valence-corrected chi connectivity index (χ3v) is 17.5. The quantitative estimate of drug-likeness (QED) is 0.167. The molecule has 0 N–H and O–H groups in total. The summed E-state index contributed by atoms with van der Waals surface area (Å²) in [5.74, 6) is 0. The van der Waals surface area contributed by atoms with Gasteiger partial charge in [-0.3, -0.25) is 0 Å². The van der Waals surface area contributed by atoms with Crippen LogP contribution in [0.15, 0.2) is 255 Å². The Morgan fingerprint density at radius 2 is 0.726 bits per heavy atom. The van der Waals surface area contributed by atoms with Crippen LogP contribution in [0.5, 0.6) is 0 Å². The Morgan fingerprint density at radius 1 is 0.301 bits per heavy atom. The number of rotatable bonds is 5. The molecule has 0 amide bonds. The lowest BCUT2D eigenvalue weighted by Crippen LogP contribution is -2.33. The van der Waals surface area contributed by atoms with Crippen LogP contribution in [0.2, 0.25) is 0 Å². The molecular weight excluding hydrogens is 881 g/mol. The maximum absolute atomic E-state index is 2.56. The number of aromatic nitrogens is 1. The topological polar surface area (TPSA) is 8.17 Å². The molecule has 73 heavy (non-hydrogen) atoms. The van der Waals surface area contributed by atoms with Crippen molar-refractivity contribution < 1.29 is 0 Å². The van der Waals surface area contributed by atoms with Gasteiger partial charge in [-0.1, -0.05) is 220 Å². The molecule has 1 aliphatic heterocycles. The average Bonchev–Trinajstić information content (AvgIpc) is 4.12. The van der Waals surface area contributed by atoms with Crippen molar-refractivity contribution in [2.75, 3.05) is 4.90 Å². The van der Waals surface area contributed by atoms with E-state index in [1.807, 2.05) is 0 Å². The van der Waals surface area contributed by atoms with Crippen LogP contribution in [0.1, 0.15) is 69.5 Å². The molecule has 11 aromatic carbocycles. The summed E-state index contributed by atoms with van der Waals surface area (Å²) in [5.41, 5.74) is 26.6. The molecule has 1 spiro atoms. The van der Waals surface area contributed by atoms with Crippen LogP contribution >= 0.6 is 0 Å². The van der Waals surface area contributed by atoms with Crippen molar-refractivity contribution in [2.45, 2.75) is 30.1 Å². The highest BCUT2D eigenvalue weighted by Gasteiger charge is 2.52. The highest BCUT2D eigenvalue weighted by atomic mass is 15.1. The van der Waals surface area contributed by atoms with Gasteiger partial charge in [0.25, 0.3) is 0 Å². The van der Waals surface area contributed by atoms with Crippen molar-refractivity contribution in [1.82, 2.24) is 4.57 Å². The minimum Gasteiger partial charge on any atom is -0.310 e. The predicted molar refractivity (Wildman–Crippen MR) is 301 cm³/mol. The Labute approximate surface area is 425 Å². The van der Waals surface area contributed by atoms with E-state index in [0.717, 1.165) is 17.1 Å². The monoisotopic (exact) mass is 928 g/mol. The van der Waals surface area contributed by atoms with Gasteiger partial charge in [-0.05, 0) is 138 Å². The summed E-state index contributed by atoms with van der Waals surface area (Å²) in [7, 11) is 0. The van der Waals surface area contributed by atoms with Crippen molar-refractivity contribution in [1.29, 1.82) is 0 Å². The van der Waals surface area contributed by atoms with Crippen molar-refractivity contribution >= 4 is 38.9 Å². The maximum atomic E-state index is 2.56. The van der Waals surface area contributed by atoms with Crippen molar-refractivity contribution in [3.8, 4) is 39.1 Å². The zero-order valence-electron chi connectivity index (χ0n) is 40.6. The predicted octanol–water partition coefficient (Wildman–Crippen LogP) is 17.6. The van der Waals surface area contributed by atoms with Crippen LogP contribution in [0, 0.1) is 0 Å². The van der Waals surface area contributed by atoms with Crippen LogP contribution in [0.4, 0.5) is 17.1 Å². The summed E-state index contributed by atoms with van der Waals surface area (Å²) in [6.45, 7) is 4.78. The number of anilines is 3. The van der Waals surface area contributed by atoms with Gasteiger partial charge in [-0.15, -0.1) is 0 Å². The Bertz CT molecular complexity index is 4270. The lowest BCUT2D eigenvalue weighted by molar-refractivity contribution is 0.660. The third kappa shape index (κ3) is 5.08. The minimum atomic E-state index is -0.592. The molecule has 2 heterocycles. The van der Waals surface area contributed by atoms with E-state index >= 15 is 0 Å². The van der Waals surface area contributed by atoms with E-state index in [1.165, 1.54) is 117 Å². The second kappa shape index (κ2) is 14.6. The first-order chi connectivity index (χ1) is 36.0. The van der Waals surface area contributed by atoms with Crippen molar-refractivity contribution in [3.05, 3.63) is 310 Å². The molecule has 12 aromatic rings. The largest absolute Gasteiger partial charge is 0.310 e. The lowest BCUT2D eigenvalue weighted by Gasteiger charge is -2.40. The fourth-order valence-electron chi connectivity index (χ4n) is 14.5. The van der Waals surface area contributed by atoms with E-state index in [9.17, 15) is 0 Å². The van der Waals surface area contributed by atoms with Gasteiger partial charge in [0.2, 0.25) is 0 Å². The van der Waals surface area contributed by atoms with Gasteiger partial charge in [0, 0.05) is 33.2 Å². The molecule has 0 bridgehead atoms. The highest BCUT2D eigenvalue weighted by molar-refractivity contribution is 6.13. The van der Waals surface area contributed by atoms with E-state index in [4.69, 9.17) is 0 Å². The first kappa shape index (κ1) is 40.7. The van der Waals surface area contributed by atoms with E-state index < -0.39 is 10.8 Å². The minimum absolute atomic E-state index is 0.185. The summed E-state index contributed by atoms with van der Waals surface area (Å²) in [4.78, 5) is 2.56. The van der Waals surface area contributed by atoms with Gasteiger partial charge in [0.15, 0.2) is 0 Å². The zero-order chi connectivity index (χ0) is 48.2. The first-order valence-electron chi connectivity index (χ1n) is 25.8. The van der Waals surface area contributed by atoms with Gasteiger partial charge in [-0.25, -0.2) is 0 Å². The molecule has 0 saturated carbocycles. The molecule has 1 atom stereocenters. The fraction of sp³-hybridized carbons (Fsp3) is 0.0704. The van der Waals surface area contributed by atoms with Gasteiger partial charge in [-0.2, -0.15) is 0 Å².